The topological polar surface area (TPSA) is 60.6 Å². The lowest BCUT2D eigenvalue weighted by atomic mass is 9.69. The lowest BCUT2D eigenvalue weighted by Gasteiger charge is -2.35. The molecule has 2 saturated heterocycles. The van der Waals surface area contributed by atoms with Gasteiger partial charge in [0.05, 0.1) is 31.8 Å². The standard InChI is InChI=1S/C22H32O5/c1-5-22(4,20(23)27-14-19-13-26-19)15-21(2,3)17-8-6-16(7-9-17)10-24-11-18-12-25-18/h6-9,18-19H,5,10-15H2,1-4H3. The van der Waals surface area contributed by atoms with E-state index < -0.39 is 5.41 Å². The van der Waals surface area contributed by atoms with Gasteiger partial charge in [0, 0.05) is 0 Å². The maximum Gasteiger partial charge on any atom is 0.311 e. The summed E-state index contributed by atoms with van der Waals surface area (Å²) in [5.41, 5.74) is 1.72. The molecule has 0 saturated carbocycles. The fourth-order valence-electron chi connectivity index (χ4n) is 3.45. The zero-order valence-corrected chi connectivity index (χ0v) is 17.0. The van der Waals surface area contributed by atoms with E-state index in [9.17, 15) is 4.79 Å². The van der Waals surface area contributed by atoms with Gasteiger partial charge in [0.1, 0.15) is 18.8 Å². The molecular weight excluding hydrogens is 344 g/mol. The maximum absolute atomic E-state index is 12.7. The van der Waals surface area contributed by atoms with Gasteiger partial charge in [0.2, 0.25) is 0 Å². The number of benzene rings is 1. The molecular formula is C22H32O5. The number of carbonyl (C=O) groups is 1. The van der Waals surface area contributed by atoms with Gasteiger partial charge < -0.3 is 18.9 Å². The van der Waals surface area contributed by atoms with E-state index in [1.165, 1.54) is 5.56 Å². The number of carbonyl (C=O) groups excluding carboxylic acids is 1. The summed E-state index contributed by atoms with van der Waals surface area (Å²) in [4.78, 5) is 12.7. The normalized spacial score (nSPS) is 23.6. The van der Waals surface area contributed by atoms with Gasteiger partial charge >= 0.3 is 5.97 Å². The van der Waals surface area contributed by atoms with Crippen LogP contribution in [-0.2, 0) is 35.8 Å². The van der Waals surface area contributed by atoms with Crippen molar-refractivity contribution in [3.63, 3.8) is 0 Å². The van der Waals surface area contributed by atoms with Crippen LogP contribution in [0, 0.1) is 5.41 Å². The van der Waals surface area contributed by atoms with Gasteiger partial charge in [-0.1, -0.05) is 45.0 Å². The van der Waals surface area contributed by atoms with E-state index in [0.29, 0.717) is 32.5 Å². The third-order valence-electron chi connectivity index (χ3n) is 5.62. The average Bonchev–Trinajstić information content (AvgIpc) is 3.54. The largest absolute Gasteiger partial charge is 0.462 e. The van der Waals surface area contributed by atoms with Gasteiger partial charge in [-0.3, -0.25) is 4.79 Å². The molecule has 0 bridgehead atoms. The van der Waals surface area contributed by atoms with E-state index in [4.69, 9.17) is 18.9 Å². The fourth-order valence-corrected chi connectivity index (χ4v) is 3.45. The maximum atomic E-state index is 12.7. The summed E-state index contributed by atoms with van der Waals surface area (Å²) >= 11 is 0. The van der Waals surface area contributed by atoms with Crippen LogP contribution in [0.2, 0.25) is 0 Å². The van der Waals surface area contributed by atoms with Crippen LogP contribution in [-0.4, -0.2) is 44.6 Å². The molecule has 2 aliphatic heterocycles. The van der Waals surface area contributed by atoms with Gasteiger partial charge in [-0.2, -0.15) is 0 Å². The molecule has 0 spiro atoms. The third kappa shape index (κ3) is 5.77. The van der Waals surface area contributed by atoms with Crippen molar-refractivity contribution >= 4 is 5.97 Å². The highest BCUT2D eigenvalue weighted by Gasteiger charge is 2.40. The van der Waals surface area contributed by atoms with Crippen LogP contribution < -0.4 is 0 Å². The number of epoxide rings is 2. The van der Waals surface area contributed by atoms with Crippen LogP contribution in [0.25, 0.3) is 0 Å². The van der Waals surface area contributed by atoms with Crippen molar-refractivity contribution in [2.75, 3.05) is 26.4 Å². The van der Waals surface area contributed by atoms with E-state index in [1.54, 1.807) is 0 Å². The SMILES string of the molecule is CCC(C)(CC(C)(C)c1ccc(COCC2CO2)cc1)C(=O)OCC1CO1. The summed E-state index contributed by atoms with van der Waals surface area (Å²) in [6.07, 6.45) is 1.87. The number of ether oxygens (including phenoxy) is 4. The van der Waals surface area contributed by atoms with Gasteiger partial charge in [0.15, 0.2) is 0 Å². The predicted molar refractivity (Wildman–Crippen MR) is 103 cm³/mol. The van der Waals surface area contributed by atoms with Gasteiger partial charge in [-0.05, 0) is 36.3 Å². The Kier molecular flexibility index (Phi) is 6.24. The molecule has 2 heterocycles. The quantitative estimate of drug-likeness (QED) is 0.436. The molecule has 150 valence electrons. The average molecular weight is 376 g/mol. The molecule has 1 aromatic rings. The van der Waals surface area contributed by atoms with Crippen LogP contribution in [0.15, 0.2) is 24.3 Å². The van der Waals surface area contributed by atoms with Crippen molar-refractivity contribution in [2.24, 2.45) is 5.41 Å². The molecule has 5 heteroatoms. The van der Waals surface area contributed by atoms with Crippen molar-refractivity contribution in [3.05, 3.63) is 35.4 Å². The number of rotatable bonds is 11. The number of hydrogen-bond donors (Lipinski definition) is 0. The Labute approximate surface area is 162 Å². The molecule has 2 fully saturated rings. The lowest BCUT2D eigenvalue weighted by Crippen LogP contribution is -2.36. The summed E-state index contributed by atoms with van der Waals surface area (Å²) in [5, 5.41) is 0. The first-order valence-corrected chi connectivity index (χ1v) is 9.90. The number of esters is 1. The third-order valence-corrected chi connectivity index (χ3v) is 5.62. The molecule has 0 radical (unpaired) electrons. The van der Waals surface area contributed by atoms with Crippen molar-refractivity contribution in [2.45, 2.75) is 64.8 Å². The van der Waals surface area contributed by atoms with Crippen LogP contribution in [0.5, 0.6) is 0 Å². The molecule has 3 rings (SSSR count). The fraction of sp³-hybridized carbons (Fsp3) is 0.682. The van der Waals surface area contributed by atoms with Crippen molar-refractivity contribution < 1.29 is 23.7 Å². The predicted octanol–water partition coefficient (Wildman–Crippen LogP) is 3.63. The summed E-state index contributed by atoms with van der Waals surface area (Å²) in [5.74, 6) is -0.124. The highest BCUT2D eigenvalue weighted by molar-refractivity contribution is 5.76. The van der Waals surface area contributed by atoms with Crippen LogP contribution in [0.1, 0.15) is 51.7 Å². The Balaban J connectivity index is 1.57. The molecule has 0 N–H and O–H groups in total. The second-order valence-corrected chi connectivity index (χ2v) is 8.70. The first-order valence-electron chi connectivity index (χ1n) is 9.90. The smallest absolute Gasteiger partial charge is 0.311 e. The molecule has 1 aromatic carbocycles. The van der Waals surface area contributed by atoms with E-state index >= 15 is 0 Å². The second-order valence-electron chi connectivity index (χ2n) is 8.70. The molecule has 3 unspecified atom stereocenters. The minimum Gasteiger partial charge on any atom is -0.462 e. The van der Waals surface area contributed by atoms with E-state index in [0.717, 1.165) is 25.0 Å². The highest BCUT2D eigenvalue weighted by atomic mass is 16.6. The highest BCUT2D eigenvalue weighted by Crippen LogP contribution is 2.40. The first kappa shape index (κ1) is 20.3. The molecule has 3 atom stereocenters. The Morgan fingerprint density at radius 2 is 1.67 bits per heavy atom. The Morgan fingerprint density at radius 1 is 1.07 bits per heavy atom. The first-order chi connectivity index (χ1) is 12.8. The zero-order chi connectivity index (χ0) is 19.5. The Morgan fingerprint density at radius 3 is 2.22 bits per heavy atom. The van der Waals surface area contributed by atoms with Crippen molar-refractivity contribution in [1.29, 1.82) is 0 Å². The lowest BCUT2D eigenvalue weighted by molar-refractivity contribution is -0.157. The molecule has 2 aliphatic rings. The summed E-state index contributed by atoms with van der Waals surface area (Å²) < 4.78 is 21.4. The molecule has 0 aliphatic carbocycles. The van der Waals surface area contributed by atoms with Crippen molar-refractivity contribution in [1.82, 2.24) is 0 Å². The van der Waals surface area contributed by atoms with Crippen LogP contribution in [0.3, 0.4) is 0 Å². The second kappa shape index (κ2) is 8.29. The summed E-state index contributed by atoms with van der Waals surface area (Å²) in [7, 11) is 0. The van der Waals surface area contributed by atoms with Gasteiger partial charge in [0.25, 0.3) is 0 Å². The van der Waals surface area contributed by atoms with E-state index in [-0.39, 0.29) is 17.5 Å². The minimum absolute atomic E-state index is 0.101. The molecule has 27 heavy (non-hydrogen) atoms. The minimum atomic E-state index is -0.509. The summed E-state index contributed by atoms with van der Waals surface area (Å²) in [6, 6.07) is 8.51. The van der Waals surface area contributed by atoms with Crippen LogP contribution in [0.4, 0.5) is 0 Å². The van der Waals surface area contributed by atoms with Crippen molar-refractivity contribution in [3.8, 4) is 0 Å². The zero-order valence-electron chi connectivity index (χ0n) is 17.0. The number of hydrogen-bond acceptors (Lipinski definition) is 5. The molecule has 0 aromatic heterocycles. The Hall–Kier alpha value is -1.43. The van der Waals surface area contributed by atoms with Gasteiger partial charge in [-0.25, -0.2) is 0 Å². The molecule has 0 amide bonds. The van der Waals surface area contributed by atoms with Crippen LogP contribution >= 0.6 is 0 Å². The van der Waals surface area contributed by atoms with E-state index in [1.807, 2.05) is 6.92 Å². The summed E-state index contributed by atoms with van der Waals surface area (Å²) in [6.45, 7) is 11.6. The monoisotopic (exact) mass is 376 g/mol. The molecule has 5 nitrogen and oxygen atoms in total. The van der Waals surface area contributed by atoms with E-state index in [2.05, 4.69) is 45.0 Å². The van der Waals surface area contributed by atoms with Gasteiger partial charge in [-0.15, -0.1) is 0 Å². The Bertz CT molecular complexity index is 631.